The van der Waals surface area contributed by atoms with Gasteiger partial charge in [-0.1, -0.05) is 38.1 Å². The minimum absolute atomic E-state index is 0.00381. The lowest BCUT2D eigenvalue weighted by Gasteiger charge is -2.16. The van der Waals surface area contributed by atoms with Crippen molar-refractivity contribution in [1.82, 2.24) is 15.5 Å². The third-order valence-corrected chi connectivity index (χ3v) is 4.59. The number of carbonyl (C=O) groups is 2. The summed E-state index contributed by atoms with van der Waals surface area (Å²) in [7, 11) is 0. The molecule has 1 aromatic heterocycles. The molecule has 3 rings (SSSR count). The summed E-state index contributed by atoms with van der Waals surface area (Å²) >= 11 is 0. The number of carbonyl (C=O) groups excluding carboxylic acids is 2. The minimum Gasteiger partial charge on any atom is -0.345 e. The molecule has 1 aromatic carbocycles. The van der Waals surface area contributed by atoms with E-state index >= 15 is 0 Å². The summed E-state index contributed by atoms with van der Waals surface area (Å²) in [5, 5.41) is 11.0. The van der Waals surface area contributed by atoms with Gasteiger partial charge in [-0.15, -0.1) is 5.10 Å². The fourth-order valence-corrected chi connectivity index (χ4v) is 3.00. The van der Waals surface area contributed by atoms with Gasteiger partial charge in [0.25, 0.3) is 0 Å². The van der Waals surface area contributed by atoms with E-state index in [2.05, 4.69) is 29.4 Å². The van der Waals surface area contributed by atoms with Crippen molar-refractivity contribution in [2.45, 2.75) is 39.2 Å². The van der Waals surface area contributed by atoms with E-state index < -0.39 is 6.04 Å². The molecular weight excluding hydrogens is 328 g/mol. The van der Waals surface area contributed by atoms with Gasteiger partial charge in [-0.25, -0.2) is 0 Å². The predicted molar refractivity (Wildman–Crippen MR) is 100 cm³/mol. The summed E-state index contributed by atoms with van der Waals surface area (Å²) in [6.07, 6.45) is 0.270. The quantitative estimate of drug-likeness (QED) is 0.891. The van der Waals surface area contributed by atoms with Gasteiger partial charge >= 0.3 is 0 Å². The molecule has 2 heterocycles. The number of aryl methyl sites for hydroxylation is 1. The summed E-state index contributed by atoms with van der Waals surface area (Å²) in [4.78, 5) is 26.4. The summed E-state index contributed by atoms with van der Waals surface area (Å²) in [6, 6.07) is 11.2. The van der Waals surface area contributed by atoms with Crippen LogP contribution in [-0.4, -0.2) is 41.0 Å². The standard InChI is InChI=1S/C20H24N4O2/c1-13(2)16-7-5-15(6-8-16)10-20(26)21-17-11-24(12-18(17)25)19-9-4-14(3)22-23-19/h4-9,13,17H,10-12H2,1-3H3,(H,21,26)/t17-/m0/s1. The lowest BCUT2D eigenvalue weighted by Crippen LogP contribution is -2.41. The van der Waals surface area contributed by atoms with Crippen LogP contribution in [0.4, 0.5) is 5.82 Å². The highest BCUT2D eigenvalue weighted by molar-refractivity contribution is 5.95. The van der Waals surface area contributed by atoms with Gasteiger partial charge < -0.3 is 10.2 Å². The number of hydrogen-bond donors (Lipinski definition) is 1. The molecule has 1 fully saturated rings. The lowest BCUT2D eigenvalue weighted by molar-refractivity contribution is -0.125. The van der Waals surface area contributed by atoms with Crippen molar-refractivity contribution in [2.24, 2.45) is 0 Å². The van der Waals surface area contributed by atoms with Crippen LogP contribution in [0.5, 0.6) is 0 Å². The second kappa shape index (κ2) is 7.64. The second-order valence-electron chi connectivity index (χ2n) is 7.07. The Labute approximate surface area is 153 Å². The fraction of sp³-hybridized carbons (Fsp3) is 0.400. The van der Waals surface area contributed by atoms with E-state index in [4.69, 9.17) is 0 Å². The van der Waals surface area contributed by atoms with Gasteiger partial charge in [0.05, 0.1) is 18.7 Å². The minimum atomic E-state index is -0.499. The van der Waals surface area contributed by atoms with Crippen LogP contribution in [0, 0.1) is 6.92 Å². The molecule has 26 heavy (non-hydrogen) atoms. The van der Waals surface area contributed by atoms with Crippen LogP contribution >= 0.6 is 0 Å². The Morgan fingerprint density at radius 2 is 1.92 bits per heavy atom. The number of aromatic nitrogens is 2. The normalized spacial score (nSPS) is 17.0. The Kier molecular flexibility index (Phi) is 5.30. The first-order chi connectivity index (χ1) is 12.4. The smallest absolute Gasteiger partial charge is 0.225 e. The first kappa shape index (κ1) is 18.0. The molecular formula is C20H24N4O2. The van der Waals surface area contributed by atoms with E-state index in [-0.39, 0.29) is 24.7 Å². The first-order valence-electron chi connectivity index (χ1n) is 8.88. The molecule has 0 saturated carbocycles. The summed E-state index contributed by atoms with van der Waals surface area (Å²) in [5.74, 6) is 0.975. The molecule has 1 saturated heterocycles. The van der Waals surface area contributed by atoms with Crippen LogP contribution in [0.15, 0.2) is 36.4 Å². The Morgan fingerprint density at radius 3 is 2.54 bits per heavy atom. The molecule has 1 aliphatic rings. The molecule has 0 bridgehead atoms. The molecule has 1 N–H and O–H groups in total. The van der Waals surface area contributed by atoms with E-state index in [1.165, 1.54) is 5.56 Å². The molecule has 0 aliphatic carbocycles. The molecule has 136 valence electrons. The molecule has 2 aromatic rings. The largest absolute Gasteiger partial charge is 0.345 e. The van der Waals surface area contributed by atoms with Crippen LogP contribution in [-0.2, 0) is 16.0 Å². The zero-order valence-corrected chi connectivity index (χ0v) is 15.4. The third kappa shape index (κ3) is 4.25. The van der Waals surface area contributed by atoms with Crippen molar-refractivity contribution in [2.75, 3.05) is 18.0 Å². The van der Waals surface area contributed by atoms with Gasteiger partial charge in [0, 0.05) is 6.54 Å². The van der Waals surface area contributed by atoms with Crippen molar-refractivity contribution in [3.63, 3.8) is 0 Å². The Morgan fingerprint density at radius 1 is 1.19 bits per heavy atom. The maximum absolute atomic E-state index is 12.3. The Hall–Kier alpha value is -2.76. The molecule has 6 heteroatoms. The van der Waals surface area contributed by atoms with Crippen LogP contribution in [0.3, 0.4) is 0 Å². The average Bonchev–Trinajstić information content (AvgIpc) is 2.96. The first-order valence-corrected chi connectivity index (χ1v) is 8.88. The number of nitrogens with zero attached hydrogens (tertiary/aromatic N) is 3. The number of Topliss-reactive ketones (excluding diaryl/α,β-unsaturated/α-hetero) is 1. The molecule has 1 amide bonds. The van der Waals surface area contributed by atoms with Gasteiger partial charge in [-0.05, 0) is 36.1 Å². The molecule has 0 unspecified atom stereocenters. The number of hydrogen-bond acceptors (Lipinski definition) is 5. The maximum atomic E-state index is 12.3. The SMILES string of the molecule is Cc1ccc(N2CC(=O)[C@@H](NC(=O)Cc3ccc(C(C)C)cc3)C2)nn1. The van der Waals surface area contributed by atoms with Crippen LogP contribution in [0.2, 0.25) is 0 Å². The van der Waals surface area contributed by atoms with Gasteiger partial charge in [0.1, 0.15) is 6.04 Å². The van der Waals surface area contributed by atoms with Crippen molar-refractivity contribution in [1.29, 1.82) is 0 Å². The van der Waals surface area contributed by atoms with E-state index in [0.717, 1.165) is 11.3 Å². The van der Waals surface area contributed by atoms with E-state index in [1.807, 2.05) is 48.2 Å². The van der Waals surface area contributed by atoms with E-state index in [9.17, 15) is 9.59 Å². The van der Waals surface area contributed by atoms with Gasteiger partial charge in [-0.3, -0.25) is 9.59 Å². The third-order valence-electron chi connectivity index (χ3n) is 4.59. The average molecular weight is 352 g/mol. The fourth-order valence-electron chi connectivity index (χ4n) is 3.00. The van der Waals surface area contributed by atoms with Gasteiger partial charge in [0.2, 0.25) is 5.91 Å². The Bertz CT molecular complexity index is 784. The van der Waals surface area contributed by atoms with Crippen LogP contribution in [0.1, 0.15) is 36.6 Å². The predicted octanol–water partition coefficient (Wildman–Crippen LogP) is 2.03. The number of rotatable bonds is 5. The van der Waals surface area contributed by atoms with Crippen molar-refractivity contribution in [3.05, 3.63) is 53.2 Å². The zero-order chi connectivity index (χ0) is 18.7. The van der Waals surface area contributed by atoms with E-state index in [1.54, 1.807) is 0 Å². The molecule has 6 nitrogen and oxygen atoms in total. The van der Waals surface area contributed by atoms with Crippen molar-refractivity contribution >= 4 is 17.5 Å². The monoisotopic (exact) mass is 352 g/mol. The molecule has 0 radical (unpaired) electrons. The second-order valence-corrected chi connectivity index (χ2v) is 7.07. The van der Waals surface area contributed by atoms with Crippen molar-refractivity contribution < 1.29 is 9.59 Å². The highest BCUT2D eigenvalue weighted by Crippen LogP contribution is 2.17. The summed E-state index contributed by atoms with van der Waals surface area (Å²) in [5.41, 5.74) is 3.01. The van der Waals surface area contributed by atoms with Crippen LogP contribution in [0.25, 0.3) is 0 Å². The number of ketones is 1. The summed E-state index contributed by atoms with van der Waals surface area (Å²) < 4.78 is 0. The molecule has 1 atom stereocenters. The van der Waals surface area contributed by atoms with E-state index in [0.29, 0.717) is 18.3 Å². The summed E-state index contributed by atoms with van der Waals surface area (Å²) in [6.45, 7) is 6.80. The zero-order valence-electron chi connectivity index (χ0n) is 15.4. The number of nitrogens with one attached hydrogen (secondary N) is 1. The van der Waals surface area contributed by atoms with Gasteiger partial charge in [0.15, 0.2) is 11.6 Å². The lowest BCUT2D eigenvalue weighted by atomic mass is 10.0. The van der Waals surface area contributed by atoms with Crippen LogP contribution < -0.4 is 10.2 Å². The Balaban J connectivity index is 1.57. The number of amides is 1. The number of anilines is 1. The number of benzene rings is 1. The highest BCUT2D eigenvalue weighted by Gasteiger charge is 2.32. The topological polar surface area (TPSA) is 75.2 Å². The maximum Gasteiger partial charge on any atom is 0.225 e. The van der Waals surface area contributed by atoms with Gasteiger partial charge in [-0.2, -0.15) is 5.10 Å². The van der Waals surface area contributed by atoms with Crippen molar-refractivity contribution in [3.8, 4) is 0 Å². The highest BCUT2D eigenvalue weighted by atomic mass is 16.2. The molecule has 0 spiro atoms. The molecule has 1 aliphatic heterocycles.